The molecule has 0 aliphatic carbocycles. The first kappa shape index (κ1) is 25.2. The molecular formula is C22H33F3N2O2. The van der Waals surface area contributed by atoms with Gasteiger partial charge in [0.1, 0.15) is 5.76 Å². The average Bonchev–Trinajstić information content (AvgIpc) is 2.66. The summed E-state index contributed by atoms with van der Waals surface area (Å²) in [6, 6.07) is 0.0271. The number of likely N-dealkylation sites (tertiary alicyclic amines) is 1. The van der Waals surface area contributed by atoms with E-state index < -0.39 is 18.2 Å². The predicted molar refractivity (Wildman–Crippen MR) is 111 cm³/mol. The quantitative estimate of drug-likeness (QED) is 0.306. The van der Waals surface area contributed by atoms with Gasteiger partial charge in [0.2, 0.25) is 0 Å². The summed E-state index contributed by atoms with van der Waals surface area (Å²) in [4.78, 5) is 2.34. The van der Waals surface area contributed by atoms with Crippen LogP contribution in [-0.2, 0) is 4.74 Å². The summed E-state index contributed by atoms with van der Waals surface area (Å²) >= 11 is 0. The molecule has 1 fully saturated rings. The Labute approximate surface area is 172 Å². The van der Waals surface area contributed by atoms with Crippen LogP contribution in [0.5, 0.6) is 0 Å². The number of rotatable bonds is 10. The second kappa shape index (κ2) is 12.7. The van der Waals surface area contributed by atoms with Crippen molar-refractivity contribution < 1.29 is 23.0 Å². The van der Waals surface area contributed by atoms with Gasteiger partial charge in [-0.15, -0.1) is 0 Å². The highest BCUT2D eigenvalue weighted by Crippen LogP contribution is 2.26. The van der Waals surface area contributed by atoms with E-state index in [9.17, 15) is 18.3 Å². The Morgan fingerprint density at radius 2 is 1.93 bits per heavy atom. The number of halogens is 3. The molecule has 0 aromatic rings. The van der Waals surface area contributed by atoms with Crippen LogP contribution in [0.15, 0.2) is 59.9 Å². The van der Waals surface area contributed by atoms with E-state index in [1.807, 2.05) is 26.8 Å². The highest BCUT2D eigenvalue weighted by molar-refractivity contribution is 5.27. The van der Waals surface area contributed by atoms with Crippen molar-refractivity contribution in [2.24, 2.45) is 0 Å². The van der Waals surface area contributed by atoms with E-state index in [1.54, 1.807) is 6.08 Å². The van der Waals surface area contributed by atoms with Crippen molar-refractivity contribution in [2.45, 2.75) is 58.7 Å². The fourth-order valence-corrected chi connectivity index (χ4v) is 2.94. The Kier molecular flexibility index (Phi) is 11.0. The third-order valence-corrected chi connectivity index (χ3v) is 4.57. The number of piperidine rings is 1. The van der Waals surface area contributed by atoms with E-state index in [0.29, 0.717) is 6.42 Å². The summed E-state index contributed by atoms with van der Waals surface area (Å²) in [6.45, 7) is 11.5. The Bertz CT molecular complexity index is 628. The summed E-state index contributed by atoms with van der Waals surface area (Å²) in [5, 5.41) is 13.1. The van der Waals surface area contributed by atoms with E-state index >= 15 is 0 Å². The van der Waals surface area contributed by atoms with E-state index in [4.69, 9.17) is 4.74 Å². The number of allylic oxidation sites excluding steroid dienone is 6. The number of aliphatic hydroxyl groups excluding tert-OH is 1. The van der Waals surface area contributed by atoms with Gasteiger partial charge in [0.15, 0.2) is 0 Å². The molecule has 1 unspecified atom stereocenters. The Hall–Kier alpha value is -1.83. The summed E-state index contributed by atoms with van der Waals surface area (Å²) < 4.78 is 43.5. The van der Waals surface area contributed by atoms with Gasteiger partial charge in [-0.05, 0) is 63.9 Å². The van der Waals surface area contributed by atoms with Gasteiger partial charge in [-0.1, -0.05) is 37.8 Å². The van der Waals surface area contributed by atoms with Gasteiger partial charge in [0.05, 0.1) is 5.57 Å². The maximum Gasteiger partial charge on any atom is 0.415 e. The molecule has 7 heteroatoms. The van der Waals surface area contributed by atoms with Crippen molar-refractivity contribution in [1.82, 2.24) is 10.2 Å². The molecule has 0 aromatic heterocycles. The van der Waals surface area contributed by atoms with Crippen LogP contribution >= 0.6 is 0 Å². The fraction of sp³-hybridized carbons (Fsp3) is 0.545. The molecule has 0 amide bonds. The molecular weight excluding hydrogens is 381 g/mol. The van der Waals surface area contributed by atoms with E-state index in [0.717, 1.165) is 38.6 Å². The molecule has 0 spiro atoms. The smallest absolute Gasteiger partial charge is 0.415 e. The predicted octanol–water partition coefficient (Wildman–Crippen LogP) is 4.82. The lowest BCUT2D eigenvalue weighted by Crippen LogP contribution is -2.47. The molecule has 0 bridgehead atoms. The lowest BCUT2D eigenvalue weighted by molar-refractivity contribution is -0.0987. The Morgan fingerprint density at radius 1 is 1.28 bits per heavy atom. The van der Waals surface area contributed by atoms with Crippen LogP contribution in [0.3, 0.4) is 0 Å². The minimum atomic E-state index is -4.54. The summed E-state index contributed by atoms with van der Waals surface area (Å²) in [5.41, 5.74) is 0.222. The van der Waals surface area contributed by atoms with E-state index in [1.165, 1.54) is 11.6 Å². The molecule has 1 heterocycles. The van der Waals surface area contributed by atoms with Crippen molar-refractivity contribution in [3.8, 4) is 0 Å². The van der Waals surface area contributed by atoms with Crippen molar-refractivity contribution in [3.05, 3.63) is 59.9 Å². The van der Waals surface area contributed by atoms with Gasteiger partial charge >= 0.3 is 6.18 Å². The van der Waals surface area contributed by atoms with Crippen molar-refractivity contribution in [3.63, 3.8) is 0 Å². The number of ether oxygens (including phenoxy) is 1. The molecule has 1 aliphatic heterocycles. The normalized spacial score (nSPS) is 19.3. The highest BCUT2D eigenvalue weighted by atomic mass is 19.4. The average molecular weight is 415 g/mol. The maximum atomic E-state index is 12.7. The van der Waals surface area contributed by atoms with Crippen LogP contribution in [0, 0.1) is 0 Å². The van der Waals surface area contributed by atoms with Crippen molar-refractivity contribution >= 4 is 0 Å². The molecule has 1 saturated heterocycles. The van der Waals surface area contributed by atoms with Crippen LogP contribution < -0.4 is 5.32 Å². The monoisotopic (exact) mass is 414 g/mol. The summed E-state index contributed by atoms with van der Waals surface area (Å²) in [5.74, 6) is -0.0873. The minimum Gasteiger partial charge on any atom is -0.451 e. The number of nitrogens with zero attached hydrogens (tertiary/aromatic N) is 1. The largest absolute Gasteiger partial charge is 0.451 e. The topological polar surface area (TPSA) is 44.7 Å². The minimum absolute atomic E-state index is 0.0271. The second-order valence-electron chi connectivity index (χ2n) is 6.93. The highest BCUT2D eigenvalue weighted by Gasteiger charge is 2.31. The first-order valence-electron chi connectivity index (χ1n) is 9.94. The molecule has 0 aromatic carbocycles. The van der Waals surface area contributed by atoms with E-state index in [2.05, 4.69) is 28.9 Å². The number of alkyl halides is 3. The summed E-state index contributed by atoms with van der Waals surface area (Å²) in [6.07, 6.45) is 6.37. The second-order valence-corrected chi connectivity index (χ2v) is 6.93. The molecule has 29 heavy (non-hydrogen) atoms. The van der Waals surface area contributed by atoms with Gasteiger partial charge in [-0.3, -0.25) is 10.2 Å². The molecule has 0 saturated carbocycles. The molecule has 1 rings (SSSR count). The Balaban J connectivity index is 2.58. The third-order valence-electron chi connectivity index (χ3n) is 4.57. The number of nitrogens with one attached hydrogen (secondary N) is 1. The van der Waals surface area contributed by atoms with Crippen LogP contribution in [0.25, 0.3) is 0 Å². The number of aliphatic hydroxyl groups is 1. The molecule has 1 atom stereocenters. The van der Waals surface area contributed by atoms with Gasteiger partial charge < -0.3 is 9.84 Å². The molecule has 164 valence electrons. The first-order chi connectivity index (χ1) is 13.7. The van der Waals surface area contributed by atoms with Crippen LogP contribution in [-0.4, -0.2) is 48.3 Å². The first-order valence-corrected chi connectivity index (χ1v) is 9.94. The van der Waals surface area contributed by atoms with Gasteiger partial charge in [-0.2, -0.15) is 13.2 Å². The zero-order chi connectivity index (χ0) is 21.9. The van der Waals surface area contributed by atoms with Crippen LogP contribution in [0.4, 0.5) is 13.2 Å². The maximum absolute atomic E-state index is 12.7. The fourth-order valence-electron chi connectivity index (χ4n) is 2.94. The van der Waals surface area contributed by atoms with Crippen LogP contribution in [0.1, 0.15) is 40.0 Å². The lowest BCUT2D eigenvalue weighted by atomic mass is 10.0. The van der Waals surface area contributed by atoms with Crippen molar-refractivity contribution in [1.29, 1.82) is 0 Å². The lowest BCUT2D eigenvalue weighted by Gasteiger charge is -2.33. The van der Waals surface area contributed by atoms with Gasteiger partial charge in [0.25, 0.3) is 6.41 Å². The Morgan fingerprint density at radius 3 is 2.45 bits per heavy atom. The van der Waals surface area contributed by atoms with Gasteiger partial charge in [-0.25, -0.2) is 0 Å². The van der Waals surface area contributed by atoms with Crippen LogP contribution in [0.2, 0.25) is 0 Å². The third kappa shape index (κ3) is 9.96. The molecule has 2 N–H and O–H groups in total. The number of hydrogen-bond acceptors (Lipinski definition) is 4. The molecule has 0 radical (unpaired) electrons. The number of hydrogen-bond donors (Lipinski definition) is 2. The van der Waals surface area contributed by atoms with Gasteiger partial charge in [0, 0.05) is 12.6 Å². The SMILES string of the molecule is C=C(C=C(C=CCC)OC(O)NC1CCN(CC(C=CC)=CC)CC1)C(F)(F)F. The van der Waals surface area contributed by atoms with E-state index in [-0.39, 0.29) is 11.8 Å². The van der Waals surface area contributed by atoms with Crippen molar-refractivity contribution in [2.75, 3.05) is 19.6 Å². The summed E-state index contributed by atoms with van der Waals surface area (Å²) in [7, 11) is 0. The molecule has 4 nitrogen and oxygen atoms in total. The molecule has 1 aliphatic rings. The zero-order valence-corrected chi connectivity index (χ0v) is 17.5. The standard InChI is InChI=1S/C22H33F3N2O2/c1-5-8-10-20(15-17(4)22(23,24)25)29-21(28)26-19-11-13-27(14-12-19)16-18(7-3)9-6-2/h6-10,15,19,21,26,28H,4-5,11-14,16H2,1-3H3. The zero-order valence-electron chi connectivity index (χ0n) is 17.5.